The van der Waals surface area contributed by atoms with Crippen LogP contribution < -0.4 is 9.47 Å². The molecule has 0 aliphatic carbocycles. The Morgan fingerprint density at radius 2 is 2.15 bits per heavy atom. The molecule has 0 bridgehead atoms. The molecule has 0 spiro atoms. The summed E-state index contributed by atoms with van der Waals surface area (Å²) in [5.74, 6) is 0.503. The van der Waals surface area contributed by atoms with Gasteiger partial charge < -0.3 is 9.47 Å². The van der Waals surface area contributed by atoms with E-state index in [-0.39, 0.29) is 11.6 Å². The zero-order valence-corrected chi connectivity index (χ0v) is 7.84. The highest BCUT2D eigenvalue weighted by Crippen LogP contribution is 2.23. The van der Waals surface area contributed by atoms with Crippen LogP contribution in [-0.2, 0) is 0 Å². The van der Waals surface area contributed by atoms with Crippen LogP contribution in [0.4, 0.5) is 4.39 Å². The lowest BCUT2D eigenvalue weighted by molar-refractivity contribution is 0.298. The lowest BCUT2D eigenvalue weighted by Gasteiger charge is -2.07. The van der Waals surface area contributed by atoms with Crippen molar-refractivity contribution in [2.24, 2.45) is 0 Å². The summed E-state index contributed by atoms with van der Waals surface area (Å²) in [6.07, 6.45) is 0.858. The normalized spacial score (nSPS) is 9.77. The number of hydrogen-bond acceptors (Lipinski definition) is 2. The average Bonchev–Trinajstić information content (AvgIpc) is 2.17. The summed E-state index contributed by atoms with van der Waals surface area (Å²) in [6.45, 7) is 2.49. The number of benzene rings is 1. The van der Waals surface area contributed by atoms with Crippen molar-refractivity contribution in [2.45, 2.75) is 13.3 Å². The van der Waals surface area contributed by atoms with Gasteiger partial charge in [0.15, 0.2) is 11.6 Å². The van der Waals surface area contributed by atoms with Gasteiger partial charge in [-0.15, -0.1) is 0 Å². The Bertz CT molecular complexity index is 274. The monoisotopic (exact) mass is 184 g/mol. The van der Waals surface area contributed by atoms with E-state index in [0.29, 0.717) is 12.4 Å². The van der Waals surface area contributed by atoms with Crippen LogP contribution in [0.3, 0.4) is 0 Å². The summed E-state index contributed by atoms with van der Waals surface area (Å²) in [7, 11) is 1.54. The summed E-state index contributed by atoms with van der Waals surface area (Å²) in [5, 5.41) is 0. The van der Waals surface area contributed by atoms with Crippen molar-refractivity contribution in [1.29, 1.82) is 0 Å². The molecule has 0 saturated carbocycles. The van der Waals surface area contributed by atoms with Crippen LogP contribution in [0, 0.1) is 5.82 Å². The van der Waals surface area contributed by atoms with Gasteiger partial charge in [-0.3, -0.25) is 0 Å². The SMILES string of the molecule is CCCOc1cc(OC)ccc1F. The molecule has 1 aromatic rings. The fourth-order valence-electron chi connectivity index (χ4n) is 0.933. The molecular formula is C10H13FO2. The van der Waals surface area contributed by atoms with E-state index in [1.54, 1.807) is 12.1 Å². The second-order valence-electron chi connectivity index (χ2n) is 2.64. The Kier molecular flexibility index (Phi) is 3.55. The number of rotatable bonds is 4. The molecule has 0 aliphatic rings. The highest BCUT2D eigenvalue weighted by Gasteiger charge is 2.03. The lowest BCUT2D eigenvalue weighted by Crippen LogP contribution is -1.97. The first-order valence-electron chi connectivity index (χ1n) is 4.24. The van der Waals surface area contributed by atoms with Crippen molar-refractivity contribution in [2.75, 3.05) is 13.7 Å². The smallest absolute Gasteiger partial charge is 0.165 e. The van der Waals surface area contributed by atoms with Crippen molar-refractivity contribution >= 4 is 0 Å². The molecule has 0 saturated heterocycles. The molecule has 1 rings (SSSR count). The summed E-state index contributed by atoms with van der Waals surface area (Å²) in [5.41, 5.74) is 0. The van der Waals surface area contributed by atoms with Gasteiger partial charge in [0.25, 0.3) is 0 Å². The molecule has 0 atom stereocenters. The number of hydrogen-bond donors (Lipinski definition) is 0. The van der Waals surface area contributed by atoms with E-state index in [4.69, 9.17) is 9.47 Å². The maximum absolute atomic E-state index is 13.0. The van der Waals surface area contributed by atoms with Crippen LogP contribution in [0.2, 0.25) is 0 Å². The van der Waals surface area contributed by atoms with Crippen LogP contribution in [0.1, 0.15) is 13.3 Å². The quantitative estimate of drug-likeness (QED) is 0.716. The van der Waals surface area contributed by atoms with Crippen LogP contribution in [0.25, 0.3) is 0 Å². The van der Waals surface area contributed by atoms with Crippen LogP contribution in [-0.4, -0.2) is 13.7 Å². The number of halogens is 1. The fraction of sp³-hybridized carbons (Fsp3) is 0.400. The summed E-state index contributed by atoms with van der Waals surface area (Å²) >= 11 is 0. The summed E-state index contributed by atoms with van der Waals surface area (Å²) in [4.78, 5) is 0. The van der Waals surface area contributed by atoms with Gasteiger partial charge in [0.2, 0.25) is 0 Å². The zero-order chi connectivity index (χ0) is 9.68. The zero-order valence-electron chi connectivity index (χ0n) is 7.84. The predicted octanol–water partition coefficient (Wildman–Crippen LogP) is 2.62. The Morgan fingerprint density at radius 1 is 1.38 bits per heavy atom. The van der Waals surface area contributed by atoms with Crippen molar-refractivity contribution in [3.63, 3.8) is 0 Å². The van der Waals surface area contributed by atoms with Gasteiger partial charge in [0.1, 0.15) is 5.75 Å². The molecular weight excluding hydrogens is 171 g/mol. The Hall–Kier alpha value is -1.25. The maximum atomic E-state index is 13.0. The van der Waals surface area contributed by atoms with E-state index in [9.17, 15) is 4.39 Å². The molecule has 3 heteroatoms. The molecule has 0 fully saturated rings. The Morgan fingerprint density at radius 3 is 2.77 bits per heavy atom. The minimum Gasteiger partial charge on any atom is -0.497 e. The van der Waals surface area contributed by atoms with Gasteiger partial charge in [0, 0.05) is 6.07 Å². The summed E-state index contributed by atoms with van der Waals surface area (Å²) < 4.78 is 23.2. The molecule has 0 amide bonds. The molecule has 2 nitrogen and oxygen atoms in total. The molecule has 0 radical (unpaired) electrons. The van der Waals surface area contributed by atoms with Gasteiger partial charge in [0.05, 0.1) is 13.7 Å². The van der Waals surface area contributed by atoms with E-state index < -0.39 is 0 Å². The highest BCUT2D eigenvalue weighted by atomic mass is 19.1. The van der Waals surface area contributed by atoms with E-state index in [2.05, 4.69) is 0 Å². The number of ether oxygens (including phenoxy) is 2. The third kappa shape index (κ3) is 2.61. The van der Waals surface area contributed by atoms with Gasteiger partial charge in [-0.1, -0.05) is 6.92 Å². The van der Waals surface area contributed by atoms with Gasteiger partial charge >= 0.3 is 0 Å². The van der Waals surface area contributed by atoms with Crippen LogP contribution in [0.15, 0.2) is 18.2 Å². The Labute approximate surface area is 77.3 Å². The van der Waals surface area contributed by atoms with Crippen molar-refractivity contribution < 1.29 is 13.9 Å². The fourth-order valence-corrected chi connectivity index (χ4v) is 0.933. The molecule has 0 unspecified atom stereocenters. The first-order valence-corrected chi connectivity index (χ1v) is 4.24. The molecule has 0 heterocycles. The van der Waals surface area contributed by atoms with Crippen molar-refractivity contribution in [3.05, 3.63) is 24.0 Å². The van der Waals surface area contributed by atoms with Crippen molar-refractivity contribution in [3.8, 4) is 11.5 Å². The minimum atomic E-state index is -0.353. The van der Waals surface area contributed by atoms with Crippen LogP contribution >= 0.6 is 0 Å². The van der Waals surface area contributed by atoms with E-state index in [1.807, 2.05) is 6.92 Å². The first-order chi connectivity index (χ1) is 6.27. The van der Waals surface area contributed by atoms with E-state index in [0.717, 1.165) is 6.42 Å². The predicted molar refractivity (Wildman–Crippen MR) is 48.7 cm³/mol. The summed E-state index contributed by atoms with van der Waals surface area (Å²) in [6, 6.07) is 4.45. The van der Waals surface area contributed by atoms with E-state index in [1.165, 1.54) is 13.2 Å². The van der Waals surface area contributed by atoms with Crippen molar-refractivity contribution in [1.82, 2.24) is 0 Å². The second-order valence-corrected chi connectivity index (χ2v) is 2.64. The Balaban J connectivity index is 2.78. The standard InChI is InChI=1S/C10H13FO2/c1-3-6-13-10-7-8(12-2)4-5-9(10)11/h4-5,7H,3,6H2,1-2H3. The second kappa shape index (κ2) is 4.70. The molecule has 72 valence electrons. The lowest BCUT2D eigenvalue weighted by atomic mass is 10.3. The molecule has 13 heavy (non-hydrogen) atoms. The maximum Gasteiger partial charge on any atom is 0.165 e. The molecule has 0 aromatic heterocycles. The topological polar surface area (TPSA) is 18.5 Å². The third-order valence-corrected chi connectivity index (χ3v) is 1.60. The minimum absolute atomic E-state index is 0.251. The first kappa shape index (κ1) is 9.84. The van der Waals surface area contributed by atoms with Gasteiger partial charge in [-0.2, -0.15) is 0 Å². The molecule has 0 aliphatic heterocycles. The van der Waals surface area contributed by atoms with E-state index >= 15 is 0 Å². The largest absolute Gasteiger partial charge is 0.497 e. The number of methoxy groups -OCH3 is 1. The highest BCUT2D eigenvalue weighted by molar-refractivity contribution is 5.34. The molecule has 0 N–H and O–H groups in total. The average molecular weight is 184 g/mol. The van der Waals surface area contributed by atoms with Crippen LogP contribution in [0.5, 0.6) is 11.5 Å². The van der Waals surface area contributed by atoms with Gasteiger partial charge in [-0.25, -0.2) is 4.39 Å². The molecule has 1 aromatic carbocycles. The third-order valence-electron chi connectivity index (χ3n) is 1.60. The van der Waals surface area contributed by atoms with Gasteiger partial charge in [-0.05, 0) is 18.6 Å².